The van der Waals surface area contributed by atoms with E-state index in [9.17, 15) is 4.79 Å². The van der Waals surface area contributed by atoms with E-state index < -0.39 is 0 Å². The first-order valence-corrected chi connectivity index (χ1v) is 12.4. The van der Waals surface area contributed by atoms with Gasteiger partial charge in [0.1, 0.15) is 17.9 Å². The Balaban J connectivity index is 1.11. The van der Waals surface area contributed by atoms with Crippen molar-refractivity contribution < 1.29 is 9.53 Å². The number of piperazine rings is 1. The molecule has 0 atom stereocenters. The zero-order chi connectivity index (χ0) is 24.7. The van der Waals surface area contributed by atoms with Crippen LogP contribution >= 0.6 is 0 Å². The molecule has 1 fully saturated rings. The highest BCUT2D eigenvalue weighted by atomic mass is 16.5. The number of carbonyl (C=O) groups is 1. The molecule has 2 aromatic carbocycles. The summed E-state index contributed by atoms with van der Waals surface area (Å²) in [4.78, 5) is 26.2. The minimum Gasteiger partial charge on any atom is -0.489 e. The standard InChI is InChI=1S/C29H31N5O2/c1-22-20-24(29(35)34-17-15-33(16-18-34)21-25-8-2-3-12-30-25)10-11-26(22)31-14-19-36-27-9-4-6-23-7-5-13-32-28(23)27/h2-13,20,31H,14-19,21H2,1H3. The topological polar surface area (TPSA) is 70.6 Å². The molecule has 0 bridgehead atoms. The number of ether oxygens (including phenoxy) is 1. The molecule has 184 valence electrons. The maximum atomic E-state index is 13.1. The molecule has 7 nitrogen and oxygen atoms in total. The van der Waals surface area contributed by atoms with Crippen LogP contribution in [-0.4, -0.2) is 65.0 Å². The summed E-state index contributed by atoms with van der Waals surface area (Å²) in [6, 6.07) is 21.8. The quantitative estimate of drug-likeness (QED) is 0.377. The molecule has 36 heavy (non-hydrogen) atoms. The van der Waals surface area contributed by atoms with Crippen LogP contribution in [0.1, 0.15) is 21.6 Å². The number of aromatic nitrogens is 2. The van der Waals surface area contributed by atoms with Crippen molar-refractivity contribution >= 4 is 22.5 Å². The first-order chi connectivity index (χ1) is 17.7. The van der Waals surface area contributed by atoms with Crippen LogP contribution in [0, 0.1) is 6.92 Å². The first-order valence-electron chi connectivity index (χ1n) is 12.4. The summed E-state index contributed by atoms with van der Waals surface area (Å²) in [5.41, 5.74) is 4.72. The van der Waals surface area contributed by atoms with Crippen molar-refractivity contribution in [3.63, 3.8) is 0 Å². The first kappa shape index (κ1) is 23.8. The van der Waals surface area contributed by atoms with E-state index in [1.165, 1.54) is 0 Å². The molecule has 0 saturated carbocycles. The van der Waals surface area contributed by atoms with Crippen molar-refractivity contribution in [2.75, 3.05) is 44.6 Å². The molecule has 0 aliphatic carbocycles. The number of aryl methyl sites for hydroxylation is 1. The number of nitrogens with zero attached hydrogens (tertiary/aromatic N) is 4. The van der Waals surface area contributed by atoms with Gasteiger partial charge in [-0.15, -0.1) is 0 Å². The number of nitrogens with one attached hydrogen (secondary N) is 1. The maximum Gasteiger partial charge on any atom is 0.253 e. The van der Waals surface area contributed by atoms with Crippen molar-refractivity contribution in [1.82, 2.24) is 19.8 Å². The van der Waals surface area contributed by atoms with E-state index in [0.717, 1.165) is 71.9 Å². The number of para-hydroxylation sites is 1. The molecule has 0 spiro atoms. The summed E-state index contributed by atoms with van der Waals surface area (Å²) >= 11 is 0. The fourth-order valence-corrected chi connectivity index (χ4v) is 4.55. The second-order valence-corrected chi connectivity index (χ2v) is 9.03. The van der Waals surface area contributed by atoms with Gasteiger partial charge in [0.05, 0.1) is 5.69 Å². The molecule has 1 saturated heterocycles. The van der Waals surface area contributed by atoms with Gasteiger partial charge in [-0.1, -0.05) is 24.3 Å². The Morgan fingerprint density at radius 2 is 1.78 bits per heavy atom. The molecule has 4 aromatic rings. The van der Waals surface area contributed by atoms with Gasteiger partial charge in [0, 0.05) is 68.3 Å². The van der Waals surface area contributed by atoms with E-state index in [0.29, 0.717) is 13.2 Å². The largest absolute Gasteiger partial charge is 0.489 e. The Morgan fingerprint density at radius 3 is 2.58 bits per heavy atom. The molecule has 0 unspecified atom stereocenters. The predicted molar refractivity (Wildman–Crippen MR) is 142 cm³/mol. The molecule has 0 radical (unpaired) electrons. The normalized spacial score (nSPS) is 14.1. The zero-order valence-electron chi connectivity index (χ0n) is 20.6. The lowest BCUT2D eigenvalue weighted by molar-refractivity contribution is 0.0627. The fourth-order valence-electron chi connectivity index (χ4n) is 4.55. The van der Waals surface area contributed by atoms with Crippen LogP contribution < -0.4 is 10.1 Å². The molecular formula is C29H31N5O2. The number of carbonyl (C=O) groups excluding carboxylic acids is 1. The van der Waals surface area contributed by atoms with Crippen molar-refractivity contribution in [1.29, 1.82) is 0 Å². The Bertz CT molecular complexity index is 1310. The average molecular weight is 482 g/mol. The van der Waals surface area contributed by atoms with E-state index >= 15 is 0 Å². The van der Waals surface area contributed by atoms with Crippen molar-refractivity contribution in [2.45, 2.75) is 13.5 Å². The number of benzene rings is 2. The molecule has 1 aliphatic rings. The molecule has 1 amide bonds. The zero-order valence-corrected chi connectivity index (χ0v) is 20.6. The molecule has 1 N–H and O–H groups in total. The van der Waals surface area contributed by atoms with Gasteiger partial charge in [-0.3, -0.25) is 19.7 Å². The van der Waals surface area contributed by atoms with Crippen molar-refractivity contribution in [2.24, 2.45) is 0 Å². The average Bonchev–Trinajstić information content (AvgIpc) is 2.92. The van der Waals surface area contributed by atoms with E-state index in [4.69, 9.17) is 4.74 Å². The third-order valence-corrected chi connectivity index (χ3v) is 6.52. The van der Waals surface area contributed by atoms with Gasteiger partial charge in [0.15, 0.2) is 0 Å². The maximum absolute atomic E-state index is 13.1. The summed E-state index contributed by atoms with van der Waals surface area (Å²) in [6.07, 6.45) is 3.60. The van der Waals surface area contributed by atoms with Gasteiger partial charge in [-0.2, -0.15) is 0 Å². The van der Waals surface area contributed by atoms with Crippen LogP contribution in [0.3, 0.4) is 0 Å². The molecule has 7 heteroatoms. The van der Waals surface area contributed by atoms with Gasteiger partial charge in [-0.25, -0.2) is 0 Å². The molecule has 5 rings (SSSR count). The predicted octanol–water partition coefficient (Wildman–Crippen LogP) is 4.39. The summed E-state index contributed by atoms with van der Waals surface area (Å²) in [5, 5.41) is 4.49. The Morgan fingerprint density at radius 1 is 0.944 bits per heavy atom. The SMILES string of the molecule is Cc1cc(C(=O)N2CCN(Cc3ccccn3)CC2)ccc1NCCOc1cccc2cccnc12. The Labute approximate surface area is 211 Å². The lowest BCUT2D eigenvalue weighted by Crippen LogP contribution is -2.48. The highest BCUT2D eigenvalue weighted by molar-refractivity contribution is 5.95. The number of fused-ring (bicyclic) bond motifs is 1. The number of amides is 1. The minimum absolute atomic E-state index is 0.0916. The van der Waals surface area contributed by atoms with Crippen LogP contribution in [0.15, 0.2) is 79.1 Å². The van der Waals surface area contributed by atoms with Gasteiger partial charge >= 0.3 is 0 Å². The molecule has 2 aromatic heterocycles. The smallest absolute Gasteiger partial charge is 0.253 e. The third kappa shape index (κ3) is 5.63. The fraction of sp³-hybridized carbons (Fsp3) is 0.276. The van der Waals surface area contributed by atoms with Gasteiger partial charge < -0.3 is 15.0 Å². The molecular weight excluding hydrogens is 450 g/mol. The van der Waals surface area contributed by atoms with Gasteiger partial charge in [0.2, 0.25) is 0 Å². The van der Waals surface area contributed by atoms with Gasteiger partial charge in [-0.05, 0) is 55.0 Å². The van der Waals surface area contributed by atoms with E-state index in [1.807, 2.05) is 84.8 Å². The Hall–Kier alpha value is -3.97. The summed E-state index contributed by atoms with van der Waals surface area (Å²) in [6.45, 7) is 7.17. The van der Waals surface area contributed by atoms with Crippen LogP contribution in [-0.2, 0) is 6.54 Å². The lowest BCUT2D eigenvalue weighted by Gasteiger charge is -2.34. The summed E-state index contributed by atoms with van der Waals surface area (Å²) in [7, 11) is 0. The highest BCUT2D eigenvalue weighted by Gasteiger charge is 2.22. The van der Waals surface area contributed by atoms with Crippen molar-refractivity contribution in [3.05, 3.63) is 95.9 Å². The monoisotopic (exact) mass is 481 g/mol. The number of hydrogen-bond donors (Lipinski definition) is 1. The van der Waals surface area contributed by atoms with Crippen LogP contribution in [0.25, 0.3) is 10.9 Å². The van der Waals surface area contributed by atoms with E-state index in [-0.39, 0.29) is 5.91 Å². The number of rotatable bonds is 8. The molecule has 1 aliphatic heterocycles. The number of anilines is 1. The summed E-state index contributed by atoms with van der Waals surface area (Å²) in [5.74, 6) is 0.877. The van der Waals surface area contributed by atoms with Gasteiger partial charge in [0.25, 0.3) is 5.91 Å². The Kier molecular flexibility index (Phi) is 7.38. The summed E-state index contributed by atoms with van der Waals surface area (Å²) < 4.78 is 5.97. The molecule has 3 heterocycles. The highest BCUT2D eigenvalue weighted by Crippen LogP contribution is 2.23. The number of hydrogen-bond acceptors (Lipinski definition) is 6. The van der Waals surface area contributed by atoms with Crippen molar-refractivity contribution in [3.8, 4) is 5.75 Å². The second kappa shape index (κ2) is 11.2. The van der Waals surface area contributed by atoms with E-state index in [2.05, 4.69) is 20.2 Å². The second-order valence-electron chi connectivity index (χ2n) is 9.03. The lowest BCUT2D eigenvalue weighted by atomic mass is 10.1. The van der Waals surface area contributed by atoms with Crippen LogP contribution in [0.2, 0.25) is 0 Å². The van der Waals surface area contributed by atoms with Crippen LogP contribution in [0.4, 0.5) is 5.69 Å². The minimum atomic E-state index is 0.0916. The van der Waals surface area contributed by atoms with E-state index in [1.54, 1.807) is 6.20 Å². The number of pyridine rings is 2. The van der Waals surface area contributed by atoms with Crippen LogP contribution in [0.5, 0.6) is 5.75 Å². The third-order valence-electron chi connectivity index (χ3n) is 6.52.